The first kappa shape index (κ1) is 23.0. The first-order valence-electron chi connectivity index (χ1n) is 11.7. The molecule has 174 valence electrons. The van der Waals surface area contributed by atoms with Gasteiger partial charge in [0.25, 0.3) is 0 Å². The van der Waals surface area contributed by atoms with Crippen molar-refractivity contribution in [2.45, 2.75) is 58.7 Å². The molecule has 7 nitrogen and oxygen atoms in total. The van der Waals surface area contributed by atoms with E-state index in [-0.39, 0.29) is 48.9 Å². The molecule has 4 rings (SSSR count). The van der Waals surface area contributed by atoms with Crippen molar-refractivity contribution < 1.29 is 29.0 Å². The van der Waals surface area contributed by atoms with Gasteiger partial charge in [0, 0.05) is 12.5 Å². The van der Waals surface area contributed by atoms with E-state index in [1.165, 1.54) is 10.5 Å². The third-order valence-corrected chi connectivity index (χ3v) is 7.10. The van der Waals surface area contributed by atoms with Crippen LogP contribution in [0.3, 0.4) is 0 Å². The molecule has 0 spiro atoms. The lowest BCUT2D eigenvalue weighted by molar-refractivity contribution is -0.140. The number of aliphatic hydroxyl groups excluding tert-OH is 2. The highest BCUT2D eigenvalue weighted by atomic mass is 16.5. The number of rotatable bonds is 9. The summed E-state index contributed by atoms with van der Waals surface area (Å²) in [6.45, 7) is 4.72. The minimum atomic E-state index is -0.363. The maximum absolute atomic E-state index is 13.1. The van der Waals surface area contributed by atoms with Crippen molar-refractivity contribution in [2.24, 2.45) is 17.8 Å². The summed E-state index contributed by atoms with van der Waals surface area (Å²) in [5.41, 5.74) is 3.13. The first-order valence-corrected chi connectivity index (χ1v) is 11.7. The molecule has 0 radical (unpaired) electrons. The summed E-state index contributed by atoms with van der Waals surface area (Å²) in [6, 6.07) is 3.62. The highest BCUT2D eigenvalue weighted by Gasteiger charge is 2.56. The van der Waals surface area contributed by atoms with E-state index in [0.717, 1.165) is 42.6 Å². The summed E-state index contributed by atoms with van der Waals surface area (Å²) >= 11 is 0. The van der Waals surface area contributed by atoms with Crippen molar-refractivity contribution >= 4 is 17.9 Å². The highest BCUT2D eigenvalue weighted by molar-refractivity contribution is 6.05. The molecule has 0 saturated carbocycles. The molecule has 1 aromatic heterocycles. The second-order valence-electron chi connectivity index (χ2n) is 8.97. The summed E-state index contributed by atoms with van der Waals surface area (Å²) in [5, 5.41) is 19.3. The fraction of sp³-hybridized carbons (Fsp3) is 0.600. The molecule has 3 aliphatic rings. The third kappa shape index (κ3) is 4.09. The number of ether oxygens (including phenoxy) is 1. The standard InChI is InChI=1S/C25H33NO6/c1-3-9-26-24(29)19-11-16(12-27)22-20(23(19)25(26)30)14-31-21(22)8-5-15(4-2)10-17-6-7-18(13-28)32-17/h6-7,10,19-21,23,27-28H,3-5,8-9,11-14H2,1-2H3/b15-10+/t19-,20+,21-,23-/m1/s1. The zero-order valence-corrected chi connectivity index (χ0v) is 18.9. The Balaban J connectivity index is 1.51. The number of hydrogen-bond donors (Lipinski definition) is 2. The van der Waals surface area contributed by atoms with E-state index in [2.05, 4.69) is 6.92 Å². The number of furan rings is 1. The van der Waals surface area contributed by atoms with Crippen molar-refractivity contribution in [1.29, 1.82) is 0 Å². The van der Waals surface area contributed by atoms with Gasteiger partial charge in [-0.05, 0) is 61.5 Å². The zero-order valence-electron chi connectivity index (χ0n) is 18.9. The van der Waals surface area contributed by atoms with Gasteiger partial charge in [-0.15, -0.1) is 0 Å². The van der Waals surface area contributed by atoms with Crippen molar-refractivity contribution in [3.63, 3.8) is 0 Å². The first-order chi connectivity index (χ1) is 15.5. The Morgan fingerprint density at radius 2 is 1.97 bits per heavy atom. The van der Waals surface area contributed by atoms with Gasteiger partial charge in [0.2, 0.25) is 11.8 Å². The van der Waals surface area contributed by atoms with E-state index in [9.17, 15) is 19.8 Å². The fourth-order valence-corrected chi connectivity index (χ4v) is 5.55. The Morgan fingerprint density at radius 1 is 1.16 bits per heavy atom. The van der Waals surface area contributed by atoms with Crippen LogP contribution < -0.4 is 0 Å². The van der Waals surface area contributed by atoms with Crippen molar-refractivity contribution in [2.75, 3.05) is 19.8 Å². The monoisotopic (exact) mass is 443 g/mol. The van der Waals surface area contributed by atoms with E-state index >= 15 is 0 Å². The van der Waals surface area contributed by atoms with Gasteiger partial charge in [-0.25, -0.2) is 0 Å². The van der Waals surface area contributed by atoms with Crippen molar-refractivity contribution in [3.05, 3.63) is 40.4 Å². The maximum atomic E-state index is 13.1. The van der Waals surface area contributed by atoms with Gasteiger partial charge in [0.05, 0.1) is 31.2 Å². The Kier molecular flexibility index (Phi) is 6.98. The lowest BCUT2D eigenvalue weighted by Crippen LogP contribution is -2.35. The van der Waals surface area contributed by atoms with Crippen LogP contribution in [-0.2, 0) is 20.9 Å². The van der Waals surface area contributed by atoms with Crippen LogP contribution in [0, 0.1) is 17.8 Å². The van der Waals surface area contributed by atoms with Crippen LogP contribution in [0.4, 0.5) is 0 Å². The Bertz CT molecular complexity index is 929. The summed E-state index contributed by atoms with van der Waals surface area (Å²) in [5.74, 6) is 0.257. The molecular formula is C25H33NO6. The largest absolute Gasteiger partial charge is 0.459 e. The quantitative estimate of drug-likeness (QED) is 0.449. The molecule has 2 N–H and O–H groups in total. The van der Waals surface area contributed by atoms with Gasteiger partial charge in [0.15, 0.2) is 0 Å². The lowest BCUT2D eigenvalue weighted by atomic mass is 9.69. The van der Waals surface area contributed by atoms with Crippen LogP contribution in [0.25, 0.3) is 6.08 Å². The van der Waals surface area contributed by atoms with Crippen LogP contribution in [0.1, 0.15) is 57.5 Å². The molecule has 2 fully saturated rings. The molecule has 2 aliphatic heterocycles. The second kappa shape index (κ2) is 9.73. The predicted octanol–water partition coefficient (Wildman–Crippen LogP) is 3.06. The van der Waals surface area contributed by atoms with Gasteiger partial charge < -0.3 is 19.4 Å². The molecule has 1 aromatic rings. The predicted molar refractivity (Wildman–Crippen MR) is 118 cm³/mol. The molecule has 2 amide bonds. The average molecular weight is 444 g/mol. The van der Waals surface area contributed by atoms with E-state index in [4.69, 9.17) is 9.15 Å². The molecule has 0 aromatic carbocycles. The van der Waals surface area contributed by atoms with Crippen molar-refractivity contribution in [3.8, 4) is 0 Å². The molecular weight excluding hydrogens is 410 g/mol. The fourth-order valence-electron chi connectivity index (χ4n) is 5.55. The normalized spacial score (nSPS) is 28.0. The number of amides is 2. The molecule has 4 atom stereocenters. The van der Waals surface area contributed by atoms with Gasteiger partial charge in [-0.1, -0.05) is 19.4 Å². The minimum absolute atomic E-state index is 0.0720. The second-order valence-corrected chi connectivity index (χ2v) is 8.97. The van der Waals surface area contributed by atoms with E-state index in [1.54, 1.807) is 6.07 Å². The number of hydrogen-bond acceptors (Lipinski definition) is 6. The SMILES string of the molecule is CCCN1C(=O)[C@@H]2[C@@H](CC(CO)=C3[C@@H](CC/C(=C/c4ccc(CO)o4)CC)OC[C@@H]32)C1=O. The maximum Gasteiger partial charge on any atom is 0.233 e. The van der Waals surface area contributed by atoms with Crippen LogP contribution in [-0.4, -0.2) is 52.8 Å². The van der Waals surface area contributed by atoms with Gasteiger partial charge >= 0.3 is 0 Å². The highest BCUT2D eigenvalue weighted by Crippen LogP contribution is 2.49. The topological polar surface area (TPSA) is 100 Å². The van der Waals surface area contributed by atoms with Crippen LogP contribution in [0.15, 0.2) is 33.3 Å². The Morgan fingerprint density at radius 3 is 2.62 bits per heavy atom. The molecule has 0 bridgehead atoms. The third-order valence-electron chi connectivity index (χ3n) is 7.10. The Hall–Kier alpha value is -2.22. The average Bonchev–Trinajstić information content (AvgIpc) is 3.50. The number of carbonyl (C=O) groups excluding carboxylic acids is 2. The Labute approximate surface area is 188 Å². The number of imide groups is 1. The van der Waals surface area contributed by atoms with Gasteiger partial charge in [-0.2, -0.15) is 0 Å². The van der Waals surface area contributed by atoms with Crippen LogP contribution in [0.5, 0.6) is 0 Å². The number of allylic oxidation sites excluding steroid dienone is 1. The molecule has 0 unspecified atom stereocenters. The van der Waals surface area contributed by atoms with E-state index < -0.39 is 0 Å². The van der Waals surface area contributed by atoms with E-state index in [1.807, 2.05) is 19.1 Å². The van der Waals surface area contributed by atoms with Crippen LogP contribution in [0.2, 0.25) is 0 Å². The summed E-state index contributed by atoms with van der Waals surface area (Å²) in [4.78, 5) is 27.3. The lowest BCUT2D eigenvalue weighted by Gasteiger charge is -2.31. The van der Waals surface area contributed by atoms with Gasteiger partial charge in [-0.3, -0.25) is 14.5 Å². The number of fused-ring (bicyclic) bond motifs is 3. The molecule has 32 heavy (non-hydrogen) atoms. The summed E-state index contributed by atoms with van der Waals surface area (Å²) in [6.07, 6.45) is 5.47. The number of carbonyl (C=O) groups is 2. The number of aliphatic hydroxyl groups is 2. The summed E-state index contributed by atoms with van der Waals surface area (Å²) < 4.78 is 11.7. The van der Waals surface area contributed by atoms with Gasteiger partial charge in [0.1, 0.15) is 18.1 Å². The molecule has 1 aliphatic carbocycles. The van der Waals surface area contributed by atoms with E-state index in [0.29, 0.717) is 25.3 Å². The summed E-state index contributed by atoms with van der Waals surface area (Å²) in [7, 11) is 0. The number of nitrogens with zero attached hydrogens (tertiary/aromatic N) is 1. The minimum Gasteiger partial charge on any atom is -0.459 e. The zero-order chi connectivity index (χ0) is 22.8. The smallest absolute Gasteiger partial charge is 0.233 e. The molecule has 3 heterocycles. The molecule has 2 saturated heterocycles. The van der Waals surface area contributed by atoms with Crippen molar-refractivity contribution in [1.82, 2.24) is 4.90 Å². The number of likely N-dealkylation sites (tertiary alicyclic amines) is 1. The van der Waals surface area contributed by atoms with Crippen LogP contribution >= 0.6 is 0 Å². The molecule has 7 heteroatoms.